The van der Waals surface area contributed by atoms with E-state index in [1.807, 2.05) is 25.3 Å². The van der Waals surface area contributed by atoms with Gasteiger partial charge in [0.25, 0.3) is 0 Å². The number of anilines is 3. The summed E-state index contributed by atoms with van der Waals surface area (Å²) in [5, 5.41) is 5.22. The van der Waals surface area contributed by atoms with E-state index in [2.05, 4.69) is 42.6 Å². The molecule has 0 saturated carbocycles. The van der Waals surface area contributed by atoms with E-state index in [0.717, 1.165) is 50.1 Å². The quantitative estimate of drug-likeness (QED) is 0.896. The Kier molecular flexibility index (Phi) is 4.44. The maximum absolute atomic E-state index is 5.99. The molecule has 3 rings (SSSR count). The van der Waals surface area contributed by atoms with Crippen molar-refractivity contribution in [1.29, 1.82) is 0 Å². The fourth-order valence-corrected chi connectivity index (χ4v) is 3.38. The number of hydrogen-bond donors (Lipinski definition) is 2. The summed E-state index contributed by atoms with van der Waals surface area (Å²) in [6.07, 6.45) is 0. The molecule has 1 aliphatic rings. The van der Waals surface area contributed by atoms with Gasteiger partial charge in [0.1, 0.15) is 11.6 Å². The SMILES string of the molecule is CNc1nc(N2CCN(Cc3cccs3)CC2)nc(N)c1C. The van der Waals surface area contributed by atoms with Crippen molar-refractivity contribution >= 4 is 28.9 Å². The van der Waals surface area contributed by atoms with Gasteiger partial charge < -0.3 is 16.0 Å². The number of nitrogen functional groups attached to an aromatic ring is 1. The van der Waals surface area contributed by atoms with Crippen molar-refractivity contribution in [3.05, 3.63) is 28.0 Å². The lowest BCUT2D eigenvalue weighted by Crippen LogP contribution is -2.46. The van der Waals surface area contributed by atoms with Crippen molar-refractivity contribution in [2.75, 3.05) is 49.2 Å². The van der Waals surface area contributed by atoms with Crippen LogP contribution in [0.4, 0.5) is 17.6 Å². The van der Waals surface area contributed by atoms with E-state index in [4.69, 9.17) is 5.73 Å². The molecule has 0 aromatic carbocycles. The zero-order chi connectivity index (χ0) is 15.5. The lowest BCUT2D eigenvalue weighted by molar-refractivity contribution is 0.251. The van der Waals surface area contributed by atoms with Crippen molar-refractivity contribution < 1.29 is 0 Å². The number of thiophene rings is 1. The normalized spacial score (nSPS) is 16.0. The third-order valence-corrected chi connectivity index (χ3v) is 4.88. The minimum Gasteiger partial charge on any atom is -0.383 e. The molecule has 118 valence electrons. The van der Waals surface area contributed by atoms with Crippen LogP contribution in [-0.4, -0.2) is 48.1 Å². The molecule has 22 heavy (non-hydrogen) atoms. The molecule has 0 spiro atoms. The fraction of sp³-hybridized carbons (Fsp3) is 0.467. The predicted octanol–water partition coefficient (Wildman–Crippen LogP) is 1.79. The largest absolute Gasteiger partial charge is 0.383 e. The highest BCUT2D eigenvalue weighted by Crippen LogP contribution is 2.22. The number of hydrogen-bond acceptors (Lipinski definition) is 7. The van der Waals surface area contributed by atoms with E-state index in [1.165, 1.54) is 4.88 Å². The van der Waals surface area contributed by atoms with Crippen LogP contribution in [-0.2, 0) is 6.54 Å². The Hall–Kier alpha value is -1.86. The Morgan fingerprint density at radius 2 is 2.05 bits per heavy atom. The van der Waals surface area contributed by atoms with E-state index < -0.39 is 0 Å². The molecule has 1 saturated heterocycles. The van der Waals surface area contributed by atoms with Gasteiger partial charge in [-0.1, -0.05) is 6.07 Å². The zero-order valence-electron chi connectivity index (χ0n) is 13.0. The first-order valence-corrected chi connectivity index (χ1v) is 8.37. The molecule has 0 bridgehead atoms. The van der Waals surface area contributed by atoms with E-state index >= 15 is 0 Å². The molecule has 3 heterocycles. The van der Waals surface area contributed by atoms with Crippen molar-refractivity contribution in [2.24, 2.45) is 0 Å². The van der Waals surface area contributed by atoms with E-state index in [9.17, 15) is 0 Å². The van der Waals surface area contributed by atoms with Crippen LogP contribution in [0.5, 0.6) is 0 Å². The Balaban J connectivity index is 1.65. The number of nitrogens with two attached hydrogens (primary N) is 1. The molecule has 2 aromatic rings. The molecule has 0 aliphatic carbocycles. The molecule has 0 amide bonds. The van der Waals surface area contributed by atoms with Crippen LogP contribution in [0.2, 0.25) is 0 Å². The van der Waals surface area contributed by atoms with Crippen LogP contribution in [0.25, 0.3) is 0 Å². The fourth-order valence-electron chi connectivity index (χ4n) is 2.64. The van der Waals surface area contributed by atoms with Crippen molar-refractivity contribution in [1.82, 2.24) is 14.9 Å². The molecular weight excluding hydrogens is 296 g/mol. The Labute approximate surface area is 135 Å². The molecule has 1 aliphatic heterocycles. The summed E-state index contributed by atoms with van der Waals surface area (Å²) in [6, 6.07) is 4.30. The molecule has 6 nitrogen and oxygen atoms in total. The number of aromatic nitrogens is 2. The average Bonchev–Trinajstić information content (AvgIpc) is 3.03. The Morgan fingerprint density at radius 3 is 2.68 bits per heavy atom. The second kappa shape index (κ2) is 6.50. The van der Waals surface area contributed by atoms with Gasteiger partial charge >= 0.3 is 0 Å². The molecular formula is C15H22N6S. The highest BCUT2D eigenvalue weighted by molar-refractivity contribution is 7.09. The van der Waals surface area contributed by atoms with Crippen LogP contribution in [0.3, 0.4) is 0 Å². The standard InChI is InChI=1S/C15H22N6S/c1-11-13(16)18-15(19-14(11)17-2)21-7-5-20(6-8-21)10-12-4-3-9-22-12/h3-4,9H,5-8,10H2,1-2H3,(H3,16,17,18,19). The third kappa shape index (κ3) is 3.15. The van der Waals surface area contributed by atoms with Crippen molar-refractivity contribution in [2.45, 2.75) is 13.5 Å². The molecule has 0 atom stereocenters. The monoisotopic (exact) mass is 318 g/mol. The number of rotatable bonds is 4. The van der Waals surface area contributed by atoms with Crippen LogP contribution in [0, 0.1) is 6.92 Å². The summed E-state index contributed by atoms with van der Waals surface area (Å²) in [6.45, 7) is 6.86. The molecule has 0 unspecified atom stereocenters. The topological polar surface area (TPSA) is 70.3 Å². The molecule has 3 N–H and O–H groups in total. The van der Waals surface area contributed by atoms with Gasteiger partial charge in [-0.05, 0) is 18.4 Å². The maximum atomic E-state index is 5.99. The average molecular weight is 318 g/mol. The first-order chi connectivity index (χ1) is 10.7. The summed E-state index contributed by atoms with van der Waals surface area (Å²) in [4.78, 5) is 15.1. The summed E-state index contributed by atoms with van der Waals surface area (Å²) >= 11 is 1.82. The van der Waals surface area contributed by atoms with E-state index in [1.54, 1.807) is 0 Å². The van der Waals surface area contributed by atoms with Crippen LogP contribution < -0.4 is 16.0 Å². The lowest BCUT2D eigenvalue weighted by Gasteiger charge is -2.34. The van der Waals surface area contributed by atoms with Gasteiger partial charge in [0.05, 0.1) is 0 Å². The smallest absolute Gasteiger partial charge is 0.229 e. The first-order valence-electron chi connectivity index (χ1n) is 7.49. The van der Waals surface area contributed by atoms with Crippen molar-refractivity contribution in [3.63, 3.8) is 0 Å². The van der Waals surface area contributed by atoms with Crippen LogP contribution >= 0.6 is 11.3 Å². The second-order valence-corrected chi connectivity index (χ2v) is 6.51. The van der Waals surface area contributed by atoms with Gasteiger partial charge in [-0.25, -0.2) is 0 Å². The van der Waals surface area contributed by atoms with E-state index in [0.29, 0.717) is 5.82 Å². The third-order valence-electron chi connectivity index (χ3n) is 4.02. The van der Waals surface area contributed by atoms with Gasteiger partial charge in [-0.15, -0.1) is 11.3 Å². The Bertz CT molecular complexity index is 619. The summed E-state index contributed by atoms with van der Waals surface area (Å²) in [7, 11) is 1.86. The van der Waals surface area contributed by atoms with Crippen LogP contribution in [0.1, 0.15) is 10.4 Å². The minimum atomic E-state index is 0.551. The minimum absolute atomic E-state index is 0.551. The molecule has 2 aromatic heterocycles. The number of nitrogens with one attached hydrogen (secondary N) is 1. The van der Waals surface area contributed by atoms with Crippen molar-refractivity contribution in [3.8, 4) is 0 Å². The van der Waals surface area contributed by atoms with Crippen LogP contribution in [0.15, 0.2) is 17.5 Å². The summed E-state index contributed by atoms with van der Waals surface area (Å²) in [5.41, 5.74) is 6.90. The molecule has 0 radical (unpaired) electrons. The molecule has 1 fully saturated rings. The lowest BCUT2D eigenvalue weighted by atomic mass is 10.3. The maximum Gasteiger partial charge on any atom is 0.229 e. The highest BCUT2D eigenvalue weighted by atomic mass is 32.1. The summed E-state index contributed by atoms with van der Waals surface area (Å²) in [5.74, 6) is 2.09. The van der Waals surface area contributed by atoms with Gasteiger partial charge in [0.2, 0.25) is 5.95 Å². The van der Waals surface area contributed by atoms with Gasteiger partial charge in [-0.3, -0.25) is 4.90 Å². The second-order valence-electron chi connectivity index (χ2n) is 5.48. The number of piperazine rings is 1. The van der Waals surface area contributed by atoms with Gasteiger partial charge in [0.15, 0.2) is 0 Å². The first kappa shape index (κ1) is 15.1. The zero-order valence-corrected chi connectivity index (χ0v) is 13.9. The number of nitrogens with zero attached hydrogens (tertiary/aromatic N) is 4. The van der Waals surface area contributed by atoms with Gasteiger partial charge in [-0.2, -0.15) is 9.97 Å². The predicted molar refractivity (Wildman–Crippen MR) is 92.5 cm³/mol. The summed E-state index contributed by atoms with van der Waals surface area (Å²) < 4.78 is 0. The highest BCUT2D eigenvalue weighted by Gasteiger charge is 2.20. The van der Waals surface area contributed by atoms with Gasteiger partial charge in [0, 0.05) is 50.2 Å². The Morgan fingerprint density at radius 1 is 1.27 bits per heavy atom. The van der Waals surface area contributed by atoms with E-state index in [-0.39, 0.29) is 0 Å². The molecule has 7 heteroatoms.